The zero-order chi connectivity index (χ0) is 19.3. The van der Waals surface area contributed by atoms with E-state index in [1.54, 1.807) is 45.0 Å². The molecule has 7 heteroatoms. The first-order chi connectivity index (χ1) is 12.9. The average molecular weight is 367 g/mol. The average Bonchev–Trinajstić information content (AvgIpc) is 3.08. The molecule has 0 saturated carbocycles. The summed E-state index contributed by atoms with van der Waals surface area (Å²) >= 11 is 0. The molecule has 27 heavy (non-hydrogen) atoms. The second-order valence-corrected chi connectivity index (χ2v) is 6.81. The molecule has 1 N–H and O–H groups in total. The Labute approximate surface area is 157 Å². The molecule has 0 fully saturated rings. The summed E-state index contributed by atoms with van der Waals surface area (Å²) in [6.07, 6.45) is -0.524. The van der Waals surface area contributed by atoms with Crippen LogP contribution in [0.15, 0.2) is 59.0 Å². The molecule has 0 aliphatic heterocycles. The minimum Gasteiger partial charge on any atom is -0.484 e. The van der Waals surface area contributed by atoms with E-state index in [9.17, 15) is 4.79 Å². The van der Waals surface area contributed by atoms with Crippen LogP contribution in [-0.4, -0.2) is 21.9 Å². The number of ether oxygens (including phenoxy) is 2. The molecule has 2 aromatic carbocycles. The van der Waals surface area contributed by atoms with Crippen molar-refractivity contribution in [3.8, 4) is 17.2 Å². The molecule has 0 bridgehead atoms. The van der Waals surface area contributed by atoms with E-state index in [1.807, 2.05) is 30.3 Å². The Balaban J connectivity index is 1.59. The Bertz CT molecular complexity index is 901. The van der Waals surface area contributed by atoms with Crippen molar-refractivity contribution in [2.24, 2.45) is 0 Å². The molecule has 140 valence electrons. The summed E-state index contributed by atoms with van der Waals surface area (Å²) in [6, 6.07) is 16.5. The highest BCUT2D eigenvalue weighted by atomic mass is 16.6. The van der Waals surface area contributed by atoms with Crippen molar-refractivity contribution in [2.45, 2.75) is 33.0 Å². The number of nitrogens with one attached hydrogen (secondary N) is 1. The smallest absolute Gasteiger partial charge is 0.412 e. The van der Waals surface area contributed by atoms with E-state index >= 15 is 0 Å². The molecule has 0 saturated heterocycles. The molecule has 0 aliphatic carbocycles. The lowest BCUT2D eigenvalue weighted by atomic mass is 10.2. The Morgan fingerprint density at radius 3 is 2.59 bits per heavy atom. The number of carbonyl (C=O) groups excluding carboxylic acids is 1. The molecule has 0 aliphatic rings. The van der Waals surface area contributed by atoms with Gasteiger partial charge in [-0.2, -0.15) is 0 Å². The molecule has 3 rings (SSSR count). The molecule has 0 radical (unpaired) electrons. The van der Waals surface area contributed by atoms with Crippen molar-refractivity contribution in [1.29, 1.82) is 0 Å². The SMILES string of the molecule is CC(C)(C)OC(=O)Nc1cccc(OCc2nnc(-c3ccccc3)o2)c1. The molecule has 0 unspecified atom stereocenters. The number of aromatic nitrogens is 2. The van der Waals surface area contributed by atoms with Crippen molar-refractivity contribution in [3.05, 3.63) is 60.5 Å². The molecular formula is C20H21N3O4. The fourth-order valence-electron chi connectivity index (χ4n) is 2.24. The third kappa shape index (κ3) is 5.57. The van der Waals surface area contributed by atoms with Crippen molar-refractivity contribution in [3.63, 3.8) is 0 Å². The van der Waals surface area contributed by atoms with Gasteiger partial charge in [-0.05, 0) is 45.0 Å². The molecule has 1 aromatic heterocycles. The summed E-state index contributed by atoms with van der Waals surface area (Å²) in [4.78, 5) is 11.8. The zero-order valence-electron chi connectivity index (χ0n) is 15.4. The van der Waals surface area contributed by atoms with Crippen molar-refractivity contribution >= 4 is 11.8 Å². The topological polar surface area (TPSA) is 86.5 Å². The van der Waals surface area contributed by atoms with Crippen LogP contribution in [-0.2, 0) is 11.3 Å². The van der Waals surface area contributed by atoms with Gasteiger partial charge in [-0.1, -0.05) is 24.3 Å². The fraction of sp³-hybridized carbons (Fsp3) is 0.250. The minimum absolute atomic E-state index is 0.121. The number of hydrogen-bond donors (Lipinski definition) is 1. The van der Waals surface area contributed by atoms with Crippen LogP contribution in [0.25, 0.3) is 11.5 Å². The number of hydrogen-bond acceptors (Lipinski definition) is 6. The van der Waals surface area contributed by atoms with Gasteiger partial charge in [-0.3, -0.25) is 5.32 Å². The molecule has 1 heterocycles. The minimum atomic E-state index is -0.563. The van der Waals surface area contributed by atoms with Crippen molar-refractivity contribution in [2.75, 3.05) is 5.32 Å². The highest BCUT2D eigenvalue weighted by molar-refractivity contribution is 5.85. The van der Waals surface area contributed by atoms with Gasteiger partial charge in [-0.25, -0.2) is 4.79 Å². The lowest BCUT2D eigenvalue weighted by molar-refractivity contribution is 0.0636. The molecule has 7 nitrogen and oxygen atoms in total. The van der Waals surface area contributed by atoms with E-state index in [0.29, 0.717) is 23.2 Å². The number of benzene rings is 2. The van der Waals surface area contributed by atoms with E-state index in [0.717, 1.165) is 5.56 Å². The largest absolute Gasteiger partial charge is 0.484 e. The maximum atomic E-state index is 11.8. The van der Waals surface area contributed by atoms with Gasteiger partial charge in [0.25, 0.3) is 5.89 Å². The number of amides is 1. The second-order valence-electron chi connectivity index (χ2n) is 6.81. The Hall–Kier alpha value is -3.35. The van der Waals surface area contributed by atoms with Gasteiger partial charge in [0.2, 0.25) is 5.89 Å². The molecule has 3 aromatic rings. The van der Waals surface area contributed by atoms with Crippen molar-refractivity contribution in [1.82, 2.24) is 10.2 Å². The first kappa shape index (κ1) is 18.4. The Morgan fingerprint density at radius 1 is 1.07 bits per heavy atom. The van der Waals surface area contributed by atoms with E-state index < -0.39 is 11.7 Å². The van der Waals surface area contributed by atoms with Crippen LogP contribution in [0.3, 0.4) is 0 Å². The summed E-state index contributed by atoms with van der Waals surface area (Å²) in [5, 5.41) is 10.7. The number of anilines is 1. The monoisotopic (exact) mass is 367 g/mol. The predicted molar refractivity (Wildman–Crippen MR) is 100 cm³/mol. The van der Waals surface area contributed by atoms with Crippen LogP contribution in [0.2, 0.25) is 0 Å². The van der Waals surface area contributed by atoms with Gasteiger partial charge < -0.3 is 13.9 Å². The Kier molecular flexibility index (Phi) is 5.40. The maximum Gasteiger partial charge on any atom is 0.412 e. The van der Waals surface area contributed by atoms with Crippen LogP contribution in [0.4, 0.5) is 10.5 Å². The fourth-order valence-corrected chi connectivity index (χ4v) is 2.24. The third-order valence-electron chi connectivity index (χ3n) is 3.33. The van der Waals surface area contributed by atoms with Gasteiger partial charge in [0.1, 0.15) is 11.4 Å². The van der Waals surface area contributed by atoms with E-state index in [1.165, 1.54) is 0 Å². The third-order valence-corrected chi connectivity index (χ3v) is 3.33. The maximum absolute atomic E-state index is 11.8. The van der Waals surface area contributed by atoms with E-state index in [4.69, 9.17) is 13.9 Å². The van der Waals surface area contributed by atoms with Crippen LogP contribution in [0, 0.1) is 0 Å². The van der Waals surface area contributed by atoms with Gasteiger partial charge >= 0.3 is 6.09 Å². The second kappa shape index (κ2) is 7.90. The summed E-state index contributed by atoms with van der Waals surface area (Å²) < 4.78 is 16.5. The van der Waals surface area contributed by atoms with Crippen LogP contribution in [0.1, 0.15) is 26.7 Å². The zero-order valence-corrected chi connectivity index (χ0v) is 15.4. The molecule has 0 spiro atoms. The van der Waals surface area contributed by atoms with E-state index in [-0.39, 0.29) is 6.61 Å². The number of nitrogens with zero attached hydrogens (tertiary/aromatic N) is 2. The number of rotatable bonds is 5. The summed E-state index contributed by atoms with van der Waals surface area (Å²) in [5.41, 5.74) is 0.851. The van der Waals surface area contributed by atoms with Crippen LogP contribution < -0.4 is 10.1 Å². The standard InChI is InChI=1S/C20H21N3O4/c1-20(2,3)27-19(24)21-15-10-7-11-16(12-15)25-13-17-22-23-18(26-17)14-8-5-4-6-9-14/h4-12H,13H2,1-3H3,(H,21,24). The summed E-state index contributed by atoms with van der Waals surface area (Å²) in [5.74, 6) is 1.36. The highest BCUT2D eigenvalue weighted by Gasteiger charge is 2.16. The first-order valence-electron chi connectivity index (χ1n) is 8.50. The lowest BCUT2D eigenvalue weighted by Crippen LogP contribution is -2.27. The molecule has 1 amide bonds. The molecular weight excluding hydrogens is 346 g/mol. The molecule has 0 atom stereocenters. The highest BCUT2D eigenvalue weighted by Crippen LogP contribution is 2.21. The van der Waals surface area contributed by atoms with Crippen LogP contribution >= 0.6 is 0 Å². The van der Waals surface area contributed by atoms with Crippen molar-refractivity contribution < 1.29 is 18.7 Å². The number of carbonyl (C=O) groups is 1. The van der Waals surface area contributed by atoms with Gasteiger partial charge in [0.15, 0.2) is 6.61 Å². The van der Waals surface area contributed by atoms with Crippen LogP contribution in [0.5, 0.6) is 5.75 Å². The predicted octanol–water partition coefficient (Wildman–Crippen LogP) is 4.66. The lowest BCUT2D eigenvalue weighted by Gasteiger charge is -2.19. The van der Waals surface area contributed by atoms with E-state index in [2.05, 4.69) is 15.5 Å². The normalized spacial score (nSPS) is 11.1. The summed E-state index contributed by atoms with van der Waals surface area (Å²) in [7, 11) is 0. The summed E-state index contributed by atoms with van der Waals surface area (Å²) in [6.45, 7) is 5.54. The van der Waals surface area contributed by atoms with Gasteiger partial charge in [0.05, 0.1) is 0 Å². The van der Waals surface area contributed by atoms with Gasteiger partial charge in [-0.15, -0.1) is 10.2 Å². The van der Waals surface area contributed by atoms with Gasteiger partial charge in [0, 0.05) is 17.3 Å². The first-order valence-corrected chi connectivity index (χ1v) is 8.50. The Morgan fingerprint density at radius 2 is 1.85 bits per heavy atom. The quantitative estimate of drug-likeness (QED) is 0.706.